The van der Waals surface area contributed by atoms with E-state index in [0.29, 0.717) is 0 Å². The zero-order valence-corrected chi connectivity index (χ0v) is 17.3. The third-order valence-electron chi connectivity index (χ3n) is 1.23. The first-order valence-corrected chi connectivity index (χ1v) is 21.3. The van der Waals surface area contributed by atoms with E-state index in [-0.39, 0.29) is 0 Å². The van der Waals surface area contributed by atoms with E-state index in [4.69, 9.17) is 0 Å². The average molecular weight is 636 g/mol. The van der Waals surface area contributed by atoms with Crippen LogP contribution in [-0.2, 0) is 0 Å². The van der Waals surface area contributed by atoms with Crippen LogP contribution in [0.15, 0.2) is 0 Å². The molecule has 0 radical (unpaired) electrons. The topological polar surface area (TPSA) is 0 Å². The van der Waals surface area contributed by atoms with Crippen LogP contribution in [0, 0.1) is 0 Å². The summed E-state index contributed by atoms with van der Waals surface area (Å²) in [5.41, 5.74) is -0.775. The molecule has 0 bridgehead atoms. The highest BCUT2D eigenvalue weighted by Gasteiger charge is 2.23. The molecule has 0 aliphatic rings. The van der Waals surface area contributed by atoms with Gasteiger partial charge in [-0.05, 0) is 12.1 Å². The van der Waals surface area contributed by atoms with Crippen LogP contribution in [0.2, 0.25) is 25.2 Å². The summed E-state index contributed by atoms with van der Waals surface area (Å²) in [6, 6.07) is 2.98. The summed E-state index contributed by atoms with van der Waals surface area (Å²) < 4.78 is -0.828. The number of rotatable bonds is 4. The fourth-order valence-corrected chi connectivity index (χ4v) is 7.23. The molecule has 0 amide bonds. The van der Waals surface area contributed by atoms with Crippen LogP contribution < -0.4 is 0 Å². The van der Waals surface area contributed by atoms with Gasteiger partial charge in [0.15, 0.2) is 0 Å². The molecule has 0 saturated carbocycles. The summed E-state index contributed by atoms with van der Waals surface area (Å²) in [5.74, 6) is 0. The third kappa shape index (κ3) is 13.4. The smallest absolute Gasteiger partial charge is 0.119 e. The number of hydrogen-bond acceptors (Lipinski definition) is 0. The van der Waals surface area contributed by atoms with E-state index in [1.165, 1.54) is 18.5 Å². The Morgan fingerprint density at radius 2 is 1.36 bits per heavy atom. The summed E-state index contributed by atoms with van der Waals surface area (Å²) >= 11 is 10.6. The summed E-state index contributed by atoms with van der Waals surface area (Å²) in [6.07, 6.45) is 1.46. The summed E-state index contributed by atoms with van der Waals surface area (Å²) in [6.45, 7) is 4.90. The zero-order chi connectivity index (χ0) is 9.12. The number of hydrogen-bond donors (Lipinski definition) is 0. The summed E-state index contributed by atoms with van der Waals surface area (Å²) in [7, 11) is 0. The Labute approximate surface area is 122 Å². The van der Waals surface area contributed by atoms with Crippen LogP contribution in [-0.4, -0.2) is 6.13 Å². The highest BCUT2D eigenvalue weighted by atomic mass is 127. The summed E-state index contributed by atoms with van der Waals surface area (Å²) in [5, 5.41) is 0. The lowest BCUT2D eigenvalue weighted by Crippen LogP contribution is -2.16. The van der Waals surface area contributed by atoms with Gasteiger partial charge in [-0.3, -0.25) is 0 Å². The van der Waals surface area contributed by atoms with Crippen LogP contribution in [0.5, 0.6) is 0 Å². The van der Waals surface area contributed by atoms with E-state index < -0.39 is 6.13 Å². The largest absolute Gasteiger partial charge is 0.253 e. The van der Waals surface area contributed by atoms with Crippen molar-refractivity contribution in [3.63, 3.8) is 0 Å². The van der Waals surface area contributed by atoms with Gasteiger partial charge in [-0.25, -0.2) is 0 Å². The van der Waals surface area contributed by atoms with Crippen molar-refractivity contribution in [2.45, 2.75) is 31.6 Å². The lowest BCUT2D eigenvalue weighted by atomic mass is 10.6. The van der Waals surface area contributed by atoms with Crippen molar-refractivity contribution in [2.75, 3.05) is 0 Å². The van der Waals surface area contributed by atoms with Gasteiger partial charge in [0.1, 0.15) is 5.57 Å². The van der Waals surface area contributed by atoms with Gasteiger partial charge in [0, 0.05) is 0 Å². The maximum atomic E-state index is 2.68. The Morgan fingerprint density at radius 3 is 1.64 bits per heavy atom. The molecule has 0 unspecified atom stereocenters. The van der Waals surface area contributed by atoms with Crippen molar-refractivity contribution >= 4 is 93.3 Å². The zero-order valence-electron chi connectivity index (χ0n) is 6.63. The second-order valence-corrected chi connectivity index (χ2v) is 52.8. The molecule has 0 heterocycles. The molecule has 11 heavy (non-hydrogen) atoms. The Kier molecular flexibility index (Phi) is 7.89. The molecule has 0 saturated heterocycles. The van der Waals surface area contributed by atoms with Gasteiger partial charge in [0.25, 0.3) is 0.564 Å². The molecule has 0 fully saturated rings. The van der Waals surface area contributed by atoms with Gasteiger partial charge in [-0.2, -0.15) is 0 Å². The van der Waals surface area contributed by atoms with Crippen LogP contribution in [0.25, 0.3) is 0 Å². The minimum Gasteiger partial charge on any atom is -0.119 e. The van der Waals surface area contributed by atoms with Crippen molar-refractivity contribution in [3.8, 4) is 0 Å². The number of halogens is 4. The van der Waals surface area contributed by atoms with Gasteiger partial charge >= 0.3 is 0 Å². The van der Waals surface area contributed by atoms with Crippen molar-refractivity contribution in [3.05, 3.63) is 0 Å². The molecule has 0 spiro atoms. The van der Waals surface area contributed by atoms with E-state index in [2.05, 4.69) is 100 Å². The molecular formula is C5H12I4Si2. The molecule has 0 N–H and O–H groups in total. The lowest BCUT2D eigenvalue weighted by molar-refractivity contribution is 1.05. The minimum absolute atomic E-state index is 0.775. The molecule has 0 atom stereocenters. The molecule has 0 rings (SSSR count). The first-order chi connectivity index (χ1) is 4.71. The average Bonchev–Trinajstić information content (AvgIpc) is 1.55. The fourth-order valence-electron chi connectivity index (χ4n) is 0.709. The van der Waals surface area contributed by atoms with Gasteiger partial charge in [-0.15, -0.1) is 21.8 Å². The van der Waals surface area contributed by atoms with Gasteiger partial charge in [0.05, 0.1) is 0 Å². The van der Waals surface area contributed by atoms with Crippen LogP contribution in [0.3, 0.4) is 0 Å². The van der Waals surface area contributed by atoms with Crippen molar-refractivity contribution in [1.29, 1.82) is 0 Å². The molecule has 6 heteroatoms. The van der Waals surface area contributed by atoms with Crippen molar-refractivity contribution < 1.29 is 0 Å². The molecular weight excluding hydrogens is 624 g/mol. The van der Waals surface area contributed by atoms with Gasteiger partial charge in [-0.1, -0.05) is 84.9 Å². The minimum atomic E-state index is -0.828. The van der Waals surface area contributed by atoms with Gasteiger partial charge < -0.3 is 0 Å². The predicted octanol–water partition coefficient (Wildman–Crippen LogP) is 5.26. The Hall–Kier alpha value is 3.35. The lowest BCUT2D eigenvalue weighted by Gasteiger charge is -2.15. The predicted molar refractivity (Wildman–Crippen MR) is 93.5 cm³/mol. The monoisotopic (exact) mass is 636 g/mol. The maximum Gasteiger partial charge on any atom is 0.253 e. The molecule has 0 aromatic heterocycles. The van der Waals surface area contributed by atoms with Crippen molar-refractivity contribution in [1.82, 2.24) is 0 Å². The molecule has 0 aromatic carbocycles. The van der Waals surface area contributed by atoms with E-state index in [9.17, 15) is 0 Å². The molecule has 0 aliphatic heterocycles. The second-order valence-electron chi connectivity index (χ2n) is 3.19. The highest BCUT2D eigenvalue weighted by Crippen LogP contribution is 2.36. The third-order valence-corrected chi connectivity index (χ3v) is 10.2. The first kappa shape index (κ1) is 14.4. The van der Waals surface area contributed by atoms with E-state index in [1.54, 1.807) is 0 Å². The van der Waals surface area contributed by atoms with E-state index in [1.807, 2.05) is 0 Å². The Bertz CT molecular complexity index is 101. The van der Waals surface area contributed by atoms with Gasteiger partial charge in [0.2, 0.25) is 0 Å². The van der Waals surface area contributed by atoms with Crippen LogP contribution in [0.1, 0.15) is 6.42 Å². The summed E-state index contributed by atoms with van der Waals surface area (Å²) in [4.78, 5) is 0. The quantitative estimate of drug-likeness (QED) is 0.225. The molecule has 0 aromatic rings. The standard InChI is InChI=1S/C5H12I4Si2/c1-10(2,6)4-3-5-11(7,8)9/h3-5H2,1-2H3. The first-order valence-electron chi connectivity index (χ1n) is 3.46. The SMILES string of the molecule is C[Si](C)(I)CCC[Si](I)(I)I. The van der Waals surface area contributed by atoms with Crippen LogP contribution in [0.4, 0.5) is 0 Å². The van der Waals surface area contributed by atoms with Crippen molar-refractivity contribution in [2.24, 2.45) is 0 Å². The van der Waals surface area contributed by atoms with E-state index >= 15 is 0 Å². The van der Waals surface area contributed by atoms with E-state index in [0.717, 1.165) is 0 Å². The normalized spacial score (nSPS) is 13.6. The fraction of sp³-hybridized carbons (Fsp3) is 1.00. The molecule has 0 nitrogen and oxygen atoms in total. The highest BCUT2D eigenvalue weighted by molar-refractivity contribution is 14.4. The Morgan fingerprint density at radius 1 is 0.909 bits per heavy atom. The second kappa shape index (κ2) is 6.05. The van der Waals surface area contributed by atoms with Crippen LogP contribution >= 0.6 is 87.2 Å². The Balaban J connectivity index is 3.44. The molecule has 0 aliphatic carbocycles. The maximum absolute atomic E-state index is 2.68. The molecule has 68 valence electrons.